The Morgan fingerprint density at radius 2 is 1.75 bits per heavy atom. The van der Waals surface area contributed by atoms with Crippen LogP contribution in [-0.4, -0.2) is 13.5 Å². The van der Waals surface area contributed by atoms with Gasteiger partial charge in [-0.2, -0.15) is 0 Å². The van der Waals surface area contributed by atoms with E-state index in [9.17, 15) is 17.9 Å². The maximum atomic E-state index is 14.0. The molecule has 0 amide bonds. The molecule has 1 atom stereocenters. The Kier molecular flexibility index (Phi) is 4.67. The van der Waals surface area contributed by atoms with Crippen molar-refractivity contribution in [3.05, 3.63) is 76.5 Å². The van der Waals surface area contributed by atoms with E-state index in [1.165, 1.54) is 40.7 Å². The number of phenols is 1. The fourth-order valence-corrected chi connectivity index (χ4v) is 5.76. The van der Waals surface area contributed by atoms with Gasteiger partial charge in [0.1, 0.15) is 11.6 Å². The van der Waals surface area contributed by atoms with Gasteiger partial charge in [0, 0.05) is 10.0 Å². The van der Waals surface area contributed by atoms with E-state index in [4.69, 9.17) is 0 Å². The lowest BCUT2D eigenvalue weighted by Gasteiger charge is -2.39. The monoisotopic (exact) mass is 461 g/mol. The van der Waals surface area contributed by atoms with Gasteiger partial charge in [-0.25, -0.2) is 12.8 Å². The lowest BCUT2D eigenvalue weighted by Crippen LogP contribution is -2.37. The van der Waals surface area contributed by atoms with Crippen molar-refractivity contribution in [2.75, 3.05) is 4.31 Å². The van der Waals surface area contributed by atoms with Crippen molar-refractivity contribution < 1.29 is 17.9 Å². The van der Waals surface area contributed by atoms with Crippen molar-refractivity contribution in [3.8, 4) is 16.9 Å². The van der Waals surface area contributed by atoms with E-state index < -0.39 is 21.9 Å². The minimum atomic E-state index is -3.94. The van der Waals surface area contributed by atoms with Crippen molar-refractivity contribution in [3.63, 3.8) is 0 Å². The van der Waals surface area contributed by atoms with Gasteiger partial charge in [0.25, 0.3) is 10.0 Å². The molecule has 1 aliphatic heterocycles. The number of aromatic hydroxyl groups is 1. The zero-order chi connectivity index (χ0) is 20.1. The van der Waals surface area contributed by atoms with Gasteiger partial charge in [0.2, 0.25) is 0 Å². The minimum Gasteiger partial charge on any atom is -0.508 e. The van der Waals surface area contributed by atoms with Crippen molar-refractivity contribution >= 4 is 31.6 Å². The Bertz CT molecular complexity index is 1160. The summed E-state index contributed by atoms with van der Waals surface area (Å²) in [5.41, 5.74) is 2.72. The van der Waals surface area contributed by atoms with E-state index in [0.717, 1.165) is 15.6 Å². The standard InChI is InChI=1S/C21H17BrFNO3S/c1-2-20-19-12-14(23)4-9-17(19)18-11-13(22)3-10-21(18)24(20)28(26,27)16-7-5-15(25)6-8-16/h3-12,20,25H,2H2,1H3. The van der Waals surface area contributed by atoms with Gasteiger partial charge >= 0.3 is 0 Å². The molecule has 4 nitrogen and oxygen atoms in total. The first kappa shape index (κ1) is 19.0. The molecule has 4 rings (SSSR count). The highest BCUT2D eigenvalue weighted by atomic mass is 79.9. The second-order valence-corrected chi connectivity index (χ2v) is 9.34. The van der Waals surface area contributed by atoms with Crippen LogP contribution in [0.1, 0.15) is 24.9 Å². The normalized spacial score (nSPS) is 15.8. The van der Waals surface area contributed by atoms with E-state index in [1.54, 1.807) is 18.2 Å². The smallest absolute Gasteiger partial charge is 0.264 e. The molecule has 0 spiro atoms. The van der Waals surface area contributed by atoms with Gasteiger partial charge in [0.05, 0.1) is 16.6 Å². The second kappa shape index (κ2) is 6.90. The molecule has 28 heavy (non-hydrogen) atoms. The molecule has 1 heterocycles. The van der Waals surface area contributed by atoms with Crippen molar-refractivity contribution in [2.24, 2.45) is 0 Å². The largest absolute Gasteiger partial charge is 0.508 e. The number of fused-ring (bicyclic) bond motifs is 3. The fraction of sp³-hybridized carbons (Fsp3) is 0.143. The zero-order valence-electron chi connectivity index (χ0n) is 14.9. The van der Waals surface area contributed by atoms with E-state index >= 15 is 0 Å². The molecule has 7 heteroatoms. The number of phenolic OH excluding ortho intramolecular Hbond substituents is 1. The van der Waals surface area contributed by atoms with Crippen LogP contribution in [0, 0.1) is 5.82 Å². The molecule has 0 aliphatic carbocycles. The van der Waals surface area contributed by atoms with Crippen LogP contribution in [0.15, 0.2) is 70.0 Å². The molecular weight excluding hydrogens is 445 g/mol. The van der Waals surface area contributed by atoms with Gasteiger partial charge in [0.15, 0.2) is 0 Å². The number of benzene rings is 3. The molecule has 144 valence electrons. The Morgan fingerprint density at radius 3 is 2.43 bits per heavy atom. The first-order valence-electron chi connectivity index (χ1n) is 8.75. The second-order valence-electron chi connectivity index (χ2n) is 6.61. The van der Waals surface area contributed by atoms with Crippen molar-refractivity contribution in [1.82, 2.24) is 0 Å². The molecule has 0 saturated heterocycles. The van der Waals surface area contributed by atoms with Crippen molar-refractivity contribution in [1.29, 1.82) is 0 Å². The quantitative estimate of drug-likeness (QED) is 0.550. The summed E-state index contributed by atoms with van der Waals surface area (Å²) in [7, 11) is -3.94. The Labute approximate surface area is 171 Å². The highest BCUT2D eigenvalue weighted by Crippen LogP contribution is 2.49. The Balaban J connectivity index is 2.00. The first-order chi connectivity index (χ1) is 13.3. The molecule has 0 fully saturated rings. The number of anilines is 1. The lowest BCUT2D eigenvalue weighted by atomic mass is 9.88. The van der Waals surface area contributed by atoms with E-state index in [1.807, 2.05) is 13.0 Å². The number of halogens is 2. The molecule has 0 saturated carbocycles. The molecule has 0 aromatic heterocycles. The summed E-state index contributed by atoms with van der Waals surface area (Å²) >= 11 is 3.44. The highest BCUT2D eigenvalue weighted by molar-refractivity contribution is 9.10. The number of hydrogen-bond acceptors (Lipinski definition) is 3. The highest BCUT2D eigenvalue weighted by Gasteiger charge is 2.38. The van der Waals surface area contributed by atoms with E-state index in [2.05, 4.69) is 15.9 Å². The van der Waals surface area contributed by atoms with Crippen LogP contribution >= 0.6 is 15.9 Å². The SMILES string of the molecule is CCC1c2cc(F)ccc2-c2cc(Br)ccc2N1S(=O)(=O)c1ccc(O)cc1. The van der Waals surface area contributed by atoms with Gasteiger partial charge < -0.3 is 5.11 Å². The summed E-state index contributed by atoms with van der Waals surface area (Å²) in [5, 5.41) is 9.52. The number of hydrogen-bond donors (Lipinski definition) is 1. The summed E-state index contributed by atoms with van der Waals surface area (Å²) in [6, 6.07) is 14.8. The molecular formula is C21H17BrFNO3S. The molecule has 3 aromatic rings. The van der Waals surface area contributed by atoms with Gasteiger partial charge in [-0.15, -0.1) is 0 Å². The first-order valence-corrected chi connectivity index (χ1v) is 11.0. The van der Waals surface area contributed by atoms with Crippen LogP contribution in [0.5, 0.6) is 5.75 Å². The van der Waals surface area contributed by atoms with Crippen LogP contribution in [-0.2, 0) is 10.0 Å². The molecule has 0 bridgehead atoms. The summed E-state index contributed by atoms with van der Waals surface area (Å²) in [6.07, 6.45) is 0.475. The summed E-state index contributed by atoms with van der Waals surface area (Å²) in [4.78, 5) is 0.0671. The molecule has 1 unspecified atom stereocenters. The minimum absolute atomic E-state index is 0.0126. The average molecular weight is 462 g/mol. The maximum absolute atomic E-state index is 14.0. The predicted molar refractivity (Wildman–Crippen MR) is 110 cm³/mol. The Hall–Kier alpha value is -2.38. The number of sulfonamides is 1. The third-order valence-electron chi connectivity index (χ3n) is 4.92. The summed E-state index contributed by atoms with van der Waals surface area (Å²) < 4.78 is 43.3. The van der Waals surface area contributed by atoms with Crippen LogP contribution in [0.3, 0.4) is 0 Å². The third kappa shape index (κ3) is 2.99. The third-order valence-corrected chi connectivity index (χ3v) is 7.25. The maximum Gasteiger partial charge on any atom is 0.264 e. The zero-order valence-corrected chi connectivity index (χ0v) is 17.3. The van der Waals surface area contributed by atoms with Gasteiger partial charge in [-0.3, -0.25) is 4.31 Å². The summed E-state index contributed by atoms with van der Waals surface area (Å²) in [6.45, 7) is 1.88. The van der Waals surface area contributed by atoms with Crippen LogP contribution in [0.2, 0.25) is 0 Å². The fourth-order valence-electron chi connectivity index (χ4n) is 3.68. The van der Waals surface area contributed by atoms with Crippen LogP contribution in [0.4, 0.5) is 10.1 Å². The van der Waals surface area contributed by atoms with Gasteiger partial charge in [-0.1, -0.05) is 28.9 Å². The molecule has 3 aromatic carbocycles. The van der Waals surface area contributed by atoms with E-state index in [-0.39, 0.29) is 10.6 Å². The molecule has 1 aliphatic rings. The van der Waals surface area contributed by atoms with Crippen LogP contribution < -0.4 is 4.31 Å². The topological polar surface area (TPSA) is 57.6 Å². The number of rotatable bonds is 3. The van der Waals surface area contributed by atoms with Gasteiger partial charge in [-0.05, 0) is 72.1 Å². The predicted octanol–water partition coefficient (Wildman–Crippen LogP) is 5.62. The summed E-state index contributed by atoms with van der Waals surface area (Å²) in [5.74, 6) is -0.418. The van der Waals surface area contributed by atoms with E-state index in [0.29, 0.717) is 17.7 Å². The Morgan fingerprint density at radius 1 is 1.04 bits per heavy atom. The lowest BCUT2D eigenvalue weighted by molar-refractivity contribution is 0.474. The van der Waals surface area contributed by atoms with Crippen LogP contribution in [0.25, 0.3) is 11.1 Å². The number of nitrogens with zero attached hydrogens (tertiary/aromatic N) is 1. The molecule has 1 N–H and O–H groups in total. The molecule has 0 radical (unpaired) electrons. The van der Waals surface area contributed by atoms with Crippen molar-refractivity contribution in [2.45, 2.75) is 24.3 Å². The average Bonchev–Trinajstić information content (AvgIpc) is 2.67.